The van der Waals surface area contributed by atoms with E-state index in [1.807, 2.05) is 0 Å². The molecule has 0 spiro atoms. The summed E-state index contributed by atoms with van der Waals surface area (Å²) >= 11 is 0. The largest absolute Gasteiger partial charge is 0.0625 e. The first kappa shape index (κ1) is 13.0. The molecule has 3 rings (SSSR count). The smallest absolute Gasteiger partial charge is 0.0241 e. The summed E-state index contributed by atoms with van der Waals surface area (Å²) in [5, 5.41) is 0. The van der Waals surface area contributed by atoms with E-state index in [1.165, 1.54) is 32.1 Å². The van der Waals surface area contributed by atoms with Crippen molar-refractivity contribution in [3.8, 4) is 0 Å². The van der Waals surface area contributed by atoms with Gasteiger partial charge in [-0.2, -0.15) is 0 Å². The highest BCUT2D eigenvalue weighted by Gasteiger charge is 2.50. The van der Waals surface area contributed by atoms with Crippen molar-refractivity contribution < 1.29 is 0 Å². The third-order valence-corrected chi connectivity index (χ3v) is 6.97. The highest BCUT2D eigenvalue weighted by atomic mass is 14.6. The van der Waals surface area contributed by atoms with Crippen LogP contribution in [-0.2, 0) is 0 Å². The molecular formula is C18H32. The topological polar surface area (TPSA) is 0 Å². The Kier molecular flexibility index (Phi) is 3.74. The predicted octanol–water partition coefficient (Wildman–Crippen LogP) is 5.81. The molecule has 0 heteroatoms. The fourth-order valence-corrected chi connectivity index (χ4v) is 5.68. The molecule has 0 saturated heterocycles. The Morgan fingerprint density at radius 1 is 0.667 bits per heavy atom. The molecule has 1 unspecified atom stereocenters. The van der Waals surface area contributed by atoms with Crippen molar-refractivity contribution >= 4 is 0 Å². The van der Waals surface area contributed by atoms with Crippen LogP contribution in [0.15, 0.2) is 0 Å². The zero-order valence-electron chi connectivity index (χ0n) is 12.6. The molecule has 0 amide bonds. The molecule has 0 radical (unpaired) electrons. The van der Waals surface area contributed by atoms with Gasteiger partial charge in [0.25, 0.3) is 0 Å². The van der Waals surface area contributed by atoms with Crippen LogP contribution < -0.4 is 0 Å². The molecule has 0 aromatic rings. The van der Waals surface area contributed by atoms with Crippen LogP contribution in [0.2, 0.25) is 0 Å². The fourth-order valence-electron chi connectivity index (χ4n) is 5.68. The van der Waals surface area contributed by atoms with E-state index < -0.39 is 0 Å². The van der Waals surface area contributed by atoms with Crippen LogP contribution in [0.5, 0.6) is 0 Å². The van der Waals surface area contributed by atoms with E-state index in [9.17, 15) is 0 Å². The standard InChI is InChI=1S/C18H32/c1-14-12-17(13-14)18(2,16-10-6-7-11-16)15-8-4-3-5-9-15/h14-17H,3-13H2,1-2H3. The van der Waals surface area contributed by atoms with Crippen LogP contribution in [0.4, 0.5) is 0 Å². The van der Waals surface area contributed by atoms with Crippen molar-refractivity contribution in [2.24, 2.45) is 29.1 Å². The summed E-state index contributed by atoms with van der Waals surface area (Å²) in [6.45, 7) is 5.18. The van der Waals surface area contributed by atoms with Gasteiger partial charge >= 0.3 is 0 Å². The second-order valence-corrected chi connectivity index (χ2v) is 7.96. The van der Waals surface area contributed by atoms with Crippen LogP contribution in [0.3, 0.4) is 0 Å². The van der Waals surface area contributed by atoms with E-state index >= 15 is 0 Å². The van der Waals surface area contributed by atoms with Gasteiger partial charge in [0, 0.05) is 0 Å². The van der Waals surface area contributed by atoms with E-state index in [4.69, 9.17) is 0 Å². The average Bonchev–Trinajstić information content (AvgIpc) is 2.89. The minimum absolute atomic E-state index is 0.726. The van der Waals surface area contributed by atoms with Gasteiger partial charge in [0.05, 0.1) is 0 Å². The minimum Gasteiger partial charge on any atom is -0.0625 e. The Hall–Kier alpha value is 0. The molecule has 18 heavy (non-hydrogen) atoms. The van der Waals surface area contributed by atoms with Gasteiger partial charge in [-0.15, -0.1) is 0 Å². The van der Waals surface area contributed by atoms with Crippen LogP contribution in [0.25, 0.3) is 0 Å². The van der Waals surface area contributed by atoms with Gasteiger partial charge in [-0.1, -0.05) is 46.0 Å². The molecule has 0 aromatic heterocycles. The van der Waals surface area contributed by atoms with Crippen molar-refractivity contribution in [2.75, 3.05) is 0 Å². The van der Waals surface area contributed by atoms with Crippen molar-refractivity contribution in [1.82, 2.24) is 0 Å². The molecule has 104 valence electrons. The van der Waals surface area contributed by atoms with E-state index in [1.54, 1.807) is 38.5 Å². The molecular weight excluding hydrogens is 216 g/mol. The summed E-state index contributed by atoms with van der Waals surface area (Å²) < 4.78 is 0. The molecule has 1 atom stereocenters. The molecule has 0 heterocycles. The third kappa shape index (κ3) is 2.14. The van der Waals surface area contributed by atoms with E-state index in [0.717, 1.165) is 29.1 Å². The predicted molar refractivity (Wildman–Crippen MR) is 78.5 cm³/mol. The molecule has 0 aliphatic heterocycles. The van der Waals surface area contributed by atoms with Gasteiger partial charge in [0.2, 0.25) is 0 Å². The number of hydrogen-bond donors (Lipinski definition) is 0. The lowest BCUT2D eigenvalue weighted by Gasteiger charge is -2.55. The zero-order valence-corrected chi connectivity index (χ0v) is 12.6. The summed E-state index contributed by atoms with van der Waals surface area (Å²) in [4.78, 5) is 0. The van der Waals surface area contributed by atoms with Crippen molar-refractivity contribution in [3.05, 3.63) is 0 Å². The van der Waals surface area contributed by atoms with Crippen molar-refractivity contribution in [1.29, 1.82) is 0 Å². The normalized spacial score (nSPS) is 38.3. The van der Waals surface area contributed by atoms with Crippen LogP contribution in [0, 0.1) is 29.1 Å². The average molecular weight is 248 g/mol. The highest BCUT2D eigenvalue weighted by Crippen LogP contribution is 2.59. The Morgan fingerprint density at radius 2 is 1.11 bits per heavy atom. The maximum Gasteiger partial charge on any atom is -0.0241 e. The SMILES string of the molecule is CC1CC(C(C)(C2CCCCC2)C2CCCC2)C1. The second-order valence-electron chi connectivity index (χ2n) is 7.96. The summed E-state index contributed by atoms with van der Waals surface area (Å²) in [5.41, 5.74) is 0.726. The first-order valence-corrected chi connectivity index (χ1v) is 8.71. The van der Waals surface area contributed by atoms with Gasteiger partial charge in [-0.3, -0.25) is 0 Å². The lowest BCUT2D eigenvalue weighted by atomic mass is 9.50. The highest BCUT2D eigenvalue weighted by molar-refractivity contribution is 5.00. The third-order valence-electron chi connectivity index (χ3n) is 6.97. The van der Waals surface area contributed by atoms with Gasteiger partial charge in [0.15, 0.2) is 0 Å². The first-order valence-electron chi connectivity index (χ1n) is 8.71. The van der Waals surface area contributed by atoms with Crippen molar-refractivity contribution in [3.63, 3.8) is 0 Å². The maximum absolute atomic E-state index is 2.72. The summed E-state index contributed by atoms with van der Waals surface area (Å²) in [6.07, 6.45) is 16.9. The monoisotopic (exact) mass is 248 g/mol. The summed E-state index contributed by atoms with van der Waals surface area (Å²) in [6, 6.07) is 0. The lowest BCUT2D eigenvalue weighted by Crippen LogP contribution is -2.47. The van der Waals surface area contributed by atoms with E-state index in [-0.39, 0.29) is 0 Å². The maximum atomic E-state index is 2.72. The van der Waals surface area contributed by atoms with Gasteiger partial charge in [-0.05, 0) is 67.6 Å². The van der Waals surface area contributed by atoms with Gasteiger partial charge < -0.3 is 0 Å². The summed E-state index contributed by atoms with van der Waals surface area (Å²) in [5.74, 6) is 4.27. The lowest BCUT2D eigenvalue weighted by molar-refractivity contribution is -0.0542. The number of rotatable bonds is 3. The Bertz CT molecular complexity index is 264. The molecule has 3 aliphatic rings. The molecule has 3 aliphatic carbocycles. The second kappa shape index (κ2) is 5.17. The molecule has 0 N–H and O–H groups in total. The van der Waals surface area contributed by atoms with E-state index in [2.05, 4.69) is 13.8 Å². The van der Waals surface area contributed by atoms with Crippen molar-refractivity contribution in [2.45, 2.75) is 84.5 Å². The van der Waals surface area contributed by atoms with Gasteiger partial charge in [0.1, 0.15) is 0 Å². The van der Waals surface area contributed by atoms with Gasteiger partial charge in [-0.25, -0.2) is 0 Å². The first-order chi connectivity index (χ1) is 8.71. The van der Waals surface area contributed by atoms with Crippen LogP contribution in [-0.4, -0.2) is 0 Å². The zero-order chi connectivity index (χ0) is 12.6. The Morgan fingerprint density at radius 3 is 1.56 bits per heavy atom. The molecule has 0 nitrogen and oxygen atoms in total. The Labute approximate surface area is 114 Å². The Balaban J connectivity index is 1.77. The quantitative estimate of drug-likeness (QED) is 0.591. The molecule has 3 fully saturated rings. The van der Waals surface area contributed by atoms with Crippen LogP contribution in [0.1, 0.15) is 84.5 Å². The molecule has 3 saturated carbocycles. The van der Waals surface area contributed by atoms with E-state index in [0.29, 0.717) is 0 Å². The number of hydrogen-bond acceptors (Lipinski definition) is 0. The summed E-state index contributed by atoms with van der Waals surface area (Å²) in [7, 11) is 0. The molecule has 0 bridgehead atoms. The fraction of sp³-hybridized carbons (Fsp3) is 1.00. The van der Waals surface area contributed by atoms with Crippen LogP contribution >= 0.6 is 0 Å². The molecule has 0 aromatic carbocycles. The minimum atomic E-state index is 0.726.